The number of aromatic nitrogens is 1. The van der Waals surface area contributed by atoms with E-state index in [4.69, 9.17) is 4.84 Å². The van der Waals surface area contributed by atoms with E-state index in [1.165, 1.54) is 18.3 Å². The molecule has 0 atom stereocenters. The summed E-state index contributed by atoms with van der Waals surface area (Å²) in [6.07, 6.45) is 1.44. The topological polar surface area (TPSA) is 77.6 Å². The highest BCUT2D eigenvalue weighted by Gasteiger charge is 2.05. The zero-order valence-electron chi connectivity index (χ0n) is 12.5. The third kappa shape index (κ3) is 4.02. The molecular weight excluding hydrogens is 326 g/mol. The maximum Gasteiger partial charge on any atom is 0.270 e. The van der Waals surface area contributed by atoms with Crippen molar-refractivity contribution in [2.24, 2.45) is 5.16 Å². The maximum absolute atomic E-state index is 10.7. The van der Waals surface area contributed by atoms with Crippen LogP contribution in [-0.2, 0) is 11.4 Å². The minimum absolute atomic E-state index is 0.0194. The molecule has 0 N–H and O–H groups in total. The lowest BCUT2D eigenvalue weighted by molar-refractivity contribution is -0.384. The average molecular weight is 339 g/mol. The average Bonchev–Trinajstić information content (AvgIpc) is 3.09. The van der Waals surface area contributed by atoms with Gasteiger partial charge in [0, 0.05) is 28.6 Å². The first kappa shape index (κ1) is 15.8. The highest BCUT2D eigenvalue weighted by molar-refractivity contribution is 7.13. The highest BCUT2D eigenvalue weighted by atomic mass is 32.1. The molecule has 0 unspecified atom stereocenters. The monoisotopic (exact) mass is 339 g/mol. The van der Waals surface area contributed by atoms with Crippen LogP contribution in [0.5, 0.6) is 0 Å². The minimum atomic E-state index is -0.446. The number of oxime groups is 1. The Bertz CT molecular complexity index is 862. The lowest BCUT2D eigenvalue weighted by Crippen LogP contribution is -1.91. The van der Waals surface area contributed by atoms with Crippen LogP contribution in [-0.4, -0.2) is 16.1 Å². The number of thiazole rings is 1. The van der Waals surface area contributed by atoms with Crippen LogP contribution in [0.2, 0.25) is 0 Å². The van der Waals surface area contributed by atoms with Gasteiger partial charge in [-0.15, -0.1) is 11.3 Å². The second-order valence-electron chi connectivity index (χ2n) is 4.87. The molecule has 0 spiro atoms. The smallest absolute Gasteiger partial charge is 0.270 e. The van der Waals surface area contributed by atoms with Gasteiger partial charge in [-0.25, -0.2) is 4.98 Å². The van der Waals surface area contributed by atoms with Gasteiger partial charge in [0.05, 0.1) is 16.8 Å². The Labute approximate surface area is 142 Å². The summed E-state index contributed by atoms with van der Waals surface area (Å²) >= 11 is 1.54. The summed E-state index contributed by atoms with van der Waals surface area (Å²) in [6.45, 7) is 0.245. The number of rotatable bonds is 6. The molecule has 6 nitrogen and oxygen atoms in total. The zero-order valence-corrected chi connectivity index (χ0v) is 13.3. The number of nitro benzene ring substituents is 1. The van der Waals surface area contributed by atoms with E-state index in [1.807, 2.05) is 35.7 Å². The molecule has 0 saturated heterocycles. The fraction of sp³-hybridized carbons (Fsp3) is 0.0588. The number of benzene rings is 2. The van der Waals surface area contributed by atoms with Gasteiger partial charge in [-0.05, 0) is 0 Å². The molecular formula is C17H13N3O3S. The minimum Gasteiger partial charge on any atom is -0.389 e. The van der Waals surface area contributed by atoms with Gasteiger partial charge in [-0.1, -0.05) is 47.6 Å². The number of nitrogens with zero attached hydrogens (tertiary/aromatic N) is 3. The van der Waals surface area contributed by atoms with Crippen molar-refractivity contribution >= 4 is 23.2 Å². The van der Waals surface area contributed by atoms with Crippen LogP contribution >= 0.6 is 11.3 Å². The van der Waals surface area contributed by atoms with E-state index in [9.17, 15) is 10.1 Å². The van der Waals surface area contributed by atoms with Crippen LogP contribution in [0, 0.1) is 10.1 Å². The zero-order chi connectivity index (χ0) is 16.8. The molecule has 0 amide bonds. The summed E-state index contributed by atoms with van der Waals surface area (Å²) in [4.78, 5) is 20.0. The van der Waals surface area contributed by atoms with E-state index >= 15 is 0 Å². The van der Waals surface area contributed by atoms with E-state index in [0.29, 0.717) is 5.56 Å². The van der Waals surface area contributed by atoms with Crippen LogP contribution in [0.4, 0.5) is 5.69 Å². The van der Waals surface area contributed by atoms with Gasteiger partial charge in [0.1, 0.15) is 5.01 Å². The van der Waals surface area contributed by atoms with Crippen molar-refractivity contribution in [3.8, 4) is 10.6 Å². The lowest BCUT2D eigenvalue weighted by atomic mass is 10.2. The lowest BCUT2D eigenvalue weighted by Gasteiger charge is -1.97. The number of nitro groups is 1. The standard InChI is InChI=1S/C17H13N3O3S/c21-20(22)16-8-4-5-13(9-16)10-18-23-11-15-12-24-17(19-15)14-6-2-1-3-7-14/h1-10,12H,11H2/b18-10-. The third-order valence-electron chi connectivity index (χ3n) is 3.14. The number of hydrogen-bond acceptors (Lipinski definition) is 6. The van der Waals surface area contributed by atoms with Gasteiger partial charge in [0.15, 0.2) is 6.61 Å². The molecule has 24 heavy (non-hydrogen) atoms. The van der Waals surface area contributed by atoms with Crippen molar-refractivity contribution < 1.29 is 9.76 Å². The second kappa shape index (κ2) is 7.47. The summed E-state index contributed by atoms with van der Waals surface area (Å²) in [6, 6.07) is 16.1. The molecule has 120 valence electrons. The Morgan fingerprint density at radius 3 is 2.83 bits per heavy atom. The fourth-order valence-corrected chi connectivity index (χ4v) is 2.82. The summed E-state index contributed by atoms with van der Waals surface area (Å²) in [5, 5.41) is 17.4. The van der Waals surface area contributed by atoms with Gasteiger partial charge < -0.3 is 4.84 Å². The molecule has 1 heterocycles. The Balaban J connectivity index is 1.58. The Kier molecular flexibility index (Phi) is 4.93. The summed E-state index contributed by atoms with van der Waals surface area (Å²) < 4.78 is 0. The van der Waals surface area contributed by atoms with E-state index < -0.39 is 4.92 Å². The molecule has 0 aliphatic rings. The van der Waals surface area contributed by atoms with Crippen molar-refractivity contribution in [1.82, 2.24) is 4.98 Å². The summed E-state index contributed by atoms with van der Waals surface area (Å²) in [5.41, 5.74) is 2.47. The summed E-state index contributed by atoms with van der Waals surface area (Å²) in [7, 11) is 0. The van der Waals surface area contributed by atoms with Gasteiger partial charge in [-0.2, -0.15) is 0 Å². The quantitative estimate of drug-likeness (QED) is 0.382. The maximum atomic E-state index is 10.7. The van der Waals surface area contributed by atoms with Crippen LogP contribution in [0.1, 0.15) is 11.3 Å². The first-order chi connectivity index (χ1) is 11.7. The summed E-state index contributed by atoms with van der Waals surface area (Å²) in [5.74, 6) is 0. The van der Waals surface area contributed by atoms with Crippen LogP contribution in [0.3, 0.4) is 0 Å². The SMILES string of the molecule is O=[N+]([O-])c1cccc(/C=N\OCc2csc(-c3ccccc3)n2)c1. The Morgan fingerprint density at radius 1 is 1.21 bits per heavy atom. The number of hydrogen-bond donors (Lipinski definition) is 0. The molecule has 0 radical (unpaired) electrons. The molecule has 0 saturated carbocycles. The number of non-ortho nitro benzene ring substituents is 1. The first-order valence-corrected chi connectivity index (χ1v) is 8.00. The molecule has 7 heteroatoms. The fourth-order valence-electron chi connectivity index (χ4n) is 2.01. The van der Waals surface area contributed by atoms with Crippen LogP contribution < -0.4 is 0 Å². The van der Waals surface area contributed by atoms with Crippen LogP contribution in [0.25, 0.3) is 10.6 Å². The highest BCUT2D eigenvalue weighted by Crippen LogP contribution is 2.23. The Hall–Kier alpha value is -3.06. The normalized spacial score (nSPS) is 10.8. The predicted octanol–water partition coefficient (Wildman–Crippen LogP) is 4.27. The Morgan fingerprint density at radius 2 is 2.04 bits per heavy atom. The molecule has 1 aromatic heterocycles. The van der Waals surface area contributed by atoms with E-state index in [-0.39, 0.29) is 12.3 Å². The molecule has 0 bridgehead atoms. The third-order valence-corrected chi connectivity index (χ3v) is 4.08. The van der Waals surface area contributed by atoms with Crippen molar-refractivity contribution in [2.75, 3.05) is 0 Å². The molecule has 0 aliphatic heterocycles. The molecule has 2 aromatic carbocycles. The van der Waals surface area contributed by atoms with Crippen LogP contribution in [0.15, 0.2) is 65.1 Å². The largest absolute Gasteiger partial charge is 0.389 e. The van der Waals surface area contributed by atoms with Crippen molar-refractivity contribution in [1.29, 1.82) is 0 Å². The van der Waals surface area contributed by atoms with Gasteiger partial charge in [-0.3, -0.25) is 10.1 Å². The van der Waals surface area contributed by atoms with Crippen molar-refractivity contribution in [3.05, 3.63) is 81.3 Å². The first-order valence-electron chi connectivity index (χ1n) is 7.12. The predicted molar refractivity (Wildman–Crippen MR) is 93.0 cm³/mol. The molecule has 0 aliphatic carbocycles. The van der Waals surface area contributed by atoms with Crippen molar-refractivity contribution in [3.63, 3.8) is 0 Å². The van der Waals surface area contributed by atoms with E-state index in [0.717, 1.165) is 16.3 Å². The van der Waals surface area contributed by atoms with Crippen molar-refractivity contribution in [2.45, 2.75) is 6.61 Å². The van der Waals surface area contributed by atoms with E-state index in [2.05, 4.69) is 10.1 Å². The second-order valence-corrected chi connectivity index (χ2v) is 5.73. The molecule has 3 aromatic rings. The van der Waals surface area contributed by atoms with E-state index in [1.54, 1.807) is 23.5 Å². The molecule has 0 fully saturated rings. The van der Waals surface area contributed by atoms with Gasteiger partial charge >= 0.3 is 0 Å². The molecule has 3 rings (SSSR count). The van der Waals surface area contributed by atoms with Gasteiger partial charge in [0.25, 0.3) is 5.69 Å². The van der Waals surface area contributed by atoms with Gasteiger partial charge in [0.2, 0.25) is 0 Å².